The molecule has 0 bridgehead atoms. The smallest absolute Gasteiger partial charge is 0.353 e. The number of phenolic OH excluding ortho intramolecular Hbond substituents is 3. The molecule has 3 N–H and O–H groups in total. The first kappa shape index (κ1) is 29.2. The van der Waals surface area contributed by atoms with Gasteiger partial charge < -0.3 is 30.2 Å². The molecule has 2 unspecified atom stereocenters. The molecule has 0 radical (unpaired) electrons. The summed E-state index contributed by atoms with van der Waals surface area (Å²) in [4.78, 5) is 15.1. The van der Waals surface area contributed by atoms with Crippen LogP contribution in [0.1, 0.15) is 70.2 Å². The van der Waals surface area contributed by atoms with Gasteiger partial charge in [-0.15, -0.1) is 0 Å². The monoisotopic (exact) mass is 524 g/mol. The molecule has 8 nitrogen and oxygen atoms in total. The van der Waals surface area contributed by atoms with Gasteiger partial charge in [0.1, 0.15) is 40.7 Å². The predicted octanol–water partition coefficient (Wildman–Crippen LogP) is 6.80. The summed E-state index contributed by atoms with van der Waals surface area (Å²) < 4.78 is 4.35. The number of carbonyl (C=O) groups excluding carboxylic acids is 1. The van der Waals surface area contributed by atoms with Gasteiger partial charge in [0.25, 0.3) is 0 Å². The Bertz CT molecular complexity index is 1250. The van der Waals surface area contributed by atoms with Crippen molar-refractivity contribution in [1.82, 2.24) is 4.65 Å². The molecule has 1 aliphatic rings. The van der Waals surface area contributed by atoms with Crippen LogP contribution in [0.3, 0.4) is 0 Å². The first-order valence-electron chi connectivity index (χ1n) is 12.9. The maximum Gasteiger partial charge on any atom is 0.353 e. The summed E-state index contributed by atoms with van der Waals surface area (Å²) >= 11 is 0. The summed E-state index contributed by atoms with van der Waals surface area (Å²) in [5.41, 5.74) is 2.12. The van der Waals surface area contributed by atoms with Crippen molar-refractivity contribution >= 4 is 23.0 Å². The number of allylic oxidation sites excluding steroid dienone is 3. The Hall–Kier alpha value is -3.33. The van der Waals surface area contributed by atoms with Crippen LogP contribution in [0.4, 0.5) is 17.1 Å². The molecule has 2 atom stereocenters. The predicted molar refractivity (Wildman–Crippen MR) is 152 cm³/mol. The number of quaternary nitrogens is 1. The number of aromatic hydroxyl groups is 3. The quantitative estimate of drug-likeness (QED) is 0.178. The molecule has 0 saturated heterocycles. The number of carbonyl (C=O) groups is 1. The van der Waals surface area contributed by atoms with Gasteiger partial charge in [-0.25, -0.2) is 4.79 Å². The Labute approximate surface area is 225 Å². The largest absolute Gasteiger partial charge is 0.619 e. The lowest BCUT2D eigenvalue weighted by molar-refractivity contribution is -0.00881. The molecule has 8 heteroatoms. The van der Waals surface area contributed by atoms with Crippen molar-refractivity contribution in [2.75, 3.05) is 25.6 Å². The van der Waals surface area contributed by atoms with Crippen LogP contribution in [0.2, 0.25) is 0 Å². The van der Waals surface area contributed by atoms with Gasteiger partial charge in [0.15, 0.2) is 5.69 Å². The van der Waals surface area contributed by atoms with Crippen molar-refractivity contribution in [3.63, 3.8) is 0 Å². The van der Waals surface area contributed by atoms with E-state index in [0.29, 0.717) is 0 Å². The Balaban J connectivity index is 1.88. The fourth-order valence-electron chi connectivity index (χ4n) is 4.99. The van der Waals surface area contributed by atoms with Crippen LogP contribution in [0.25, 0.3) is 0 Å². The Morgan fingerprint density at radius 1 is 1.08 bits per heavy atom. The number of anilines is 2. The molecule has 3 rings (SSSR count). The van der Waals surface area contributed by atoms with Gasteiger partial charge in [-0.3, -0.25) is 4.65 Å². The fraction of sp³-hybridized carbons (Fsp3) is 0.433. The minimum atomic E-state index is -1.45. The molecule has 1 amide bonds. The van der Waals surface area contributed by atoms with E-state index in [2.05, 4.69) is 26.8 Å². The second-order valence-corrected chi connectivity index (χ2v) is 10.7. The normalized spacial score (nSPS) is 18.9. The van der Waals surface area contributed by atoms with Gasteiger partial charge in [-0.1, -0.05) is 23.3 Å². The number of fused-ring (bicyclic) bond motifs is 2. The van der Waals surface area contributed by atoms with Gasteiger partial charge in [-0.2, -0.15) is 0 Å². The highest BCUT2D eigenvalue weighted by atomic mass is 16.6. The van der Waals surface area contributed by atoms with Gasteiger partial charge >= 0.3 is 5.91 Å². The van der Waals surface area contributed by atoms with Crippen molar-refractivity contribution < 1.29 is 24.9 Å². The third-order valence-electron chi connectivity index (χ3n) is 7.38. The zero-order chi connectivity index (χ0) is 28.3. The van der Waals surface area contributed by atoms with E-state index in [0.717, 1.165) is 43.7 Å². The van der Waals surface area contributed by atoms with E-state index in [9.17, 15) is 25.3 Å². The van der Waals surface area contributed by atoms with Gasteiger partial charge in [0.05, 0.1) is 5.60 Å². The molecule has 0 saturated carbocycles. The summed E-state index contributed by atoms with van der Waals surface area (Å²) in [5, 5.41) is 45.8. The van der Waals surface area contributed by atoms with Crippen LogP contribution < -0.4 is 9.55 Å². The topological polar surface area (TPSA) is 113 Å². The lowest BCUT2D eigenvalue weighted by atomic mass is 9.92. The maximum absolute atomic E-state index is 14.4. The van der Waals surface area contributed by atoms with E-state index < -0.39 is 10.6 Å². The van der Waals surface area contributed by atoms with Crippen LogP contribution in [0.15, 0.2) is 53.6 Å². The highest BCUT2D eigenvalue weighted by Crippen LogP contribution is 2.51. The average Bonchev–Trinajstić information content (AvgIpc) is 2.91. The minimum Gasteiger partial charge on any atom is -0.619 e. The zero-order valence-electron chi connectivity index (χ0n) is 23.2. The zero-order valence-corrected chi connectivity index (χ0v) is 23.2. The van der Waals surface area contributed by atoms with Crippen LogP contribution in [0, 0.1) is 5.21 Å². The third kappa shape index (κ3) is 6.04. The van der Waals surface area contributed by atoms with Gasteiger partial charge in [0.2, 0.25) is 0 Å². The van der Waals surface area contributed by atoms with Crippen molar-refractivity contribution in [2.24, 2.45) is 0 Å². The number of para-hydroxylation sites is 1. The lowest BCUT2D eigenvalue weighted by Gasteiger charge is -2.38. The Kier molecular flexibility index (Phi) is 8.92. The molecule has 0 fully saturated rings. The standard InChI is InChI=1S/C30H40N2O6/c1-20(2)10-8-15-30(4,38-6)16-9-11-21(3)14-17-32(37)24-18-22(33)19-26(35)28(24)31(5)27-23(29(32)36)12-7-13-25(27)34/h7,10,12-14,18-19,33-35H,8-9,11,15-17H2,1-6H3/b21-14+. The fourth-order valence-corrected chi connectivity index (χ4v) is 4.99. The number of hydrogen-bond donors (Lipinski definition) is 3. The van der Waals surface area contributed by atoms with Crippen LogP contribution in [-0.4, -0.2) is 47.5 Å². The van der Waals surface area contributed by atoms with E-state index in [4.69, 9.17) is 4.74 Å². The van der Waals surface area contributed by atoms with Crippen molar-refractivity contribution in [1.29, 1.82) is 0 Å². The molecule has 2 aromatic carbocycles. The molecular formula is C30H40N2O6. The van der Waals surface area contributed by atoms with E-state index in [1.807, 2.05) is 6.92 Å². The first-order valence-corrected chi connectivity index (χ1v) is 12.9. The molecule has 0 aliphatic carbocycles. The SMILES string of the molecule is COC(C)(CCC=C(C)C)CCC/C(C)=C/C[N+]1([O-])C(=O)c2cccc(O)c2N(C)c2c(O)cc(O)cc21. The summed E-state index contributed by atoms with van der Waals surface area (Å²) in [6.07, 6.45) is 8.25. The van der Waals surface area contributed by atoms with Crippen molar-refractivity contribution in [2.45, 2.75) is 65.4 Å². The number of amides is 1. The summed E-state index contributed by atoms with van der Waals surface area (Å²) in [6.45, 7) is 7.97. The molecule has 2 aromatic rings. The van der Waals surface area contributed by atoms with Crippen LogP contribution in [0.5, 0.6) is 17.2 Å². The molecule has 1 aliphatic heterocycles. The second kappa shape index (κ2) is 11.6. The van der Waals surface area contributed by atoms with E-state index in [-0.39, 0.29) is 52.0 Å². The molecule has 206 valence electrons. The van der Waals surface area contributed by atoms with Gasteiger partial charge in [-0.05, 0) is 78.0 Å². The number of hydroxylamine groups is 2. The third-order valence-corrected chi connectivity index (χ3v) is 7.38. The van der Waals surface area contributed by atoms with Crippen molar-refractivity contribution in [3.8, 4) is 17.2 Å². The second-order valence-electron chi connectivity index (χ2n) is 10.7. The highest BCUT2D eigenvalue weighted by molar-refractivity contribution is 6.12. The maximum atomic E-state index is 14.4. The molecule has 1 heterocycles. The van der Waals surface area contributed by atoms with E-state index in [1.165, 1.54) is 34.7 Å². The number of ether oxygens (including phenoxy) is 1. The first-order chi connectivity index (χ1) is 17.8. The minimum absolute atomic E-state index is 0.0378. The number of hydrogen-bond acceptors (Lipinski definition) is 7. The Morgan fingerprint density at radius 2 is 1.79 bits per heavy atom. The number of benzene rings is 2. The van der Waals surface area contributed by atoms with Crippen LogP contribution in [-0.2, 0) is 4.74 Å². The highest BCUT2D eigenvalue weighted by Gasteiger charge is 2.42. The molecule has 0 spiro atoms. The number of phenols is 3. The van der Waals surface area contributed by atoms with E-state index >= 15 is 0 Å². The lowest BCUT2D eigenvalue weighted by Crippen LogP contribution is -2.48. The average molecular weight is 525 g/mol. The summed E-state index contributed by atoms with van der Waals surface area (Å²) in [7, 11) is 3.29. The van der Waals surface area contributed by atoms with Crippen LogP contribution >= 0.6 is 0 Å². The number of rotatable bonds is 10. The van der Waals surface area contributed by atoms with E-state index in [1.54, 1.807) is 20.2 Å². The summed E-state index contributed by atoms with van der Waals surface area (Å²) in [5.74, 6) is -1.68. The molecule has 38 heavy (non-hydrogen) atoms. The van der Waals surface area contributed by atoms with Crippen molar-refractivity contribution in [3.05, 3.63) is 64.4 Å². The number of methoxy groups -OCH3 is 1. The Morgan fingerprint density at radius 3 is 2.45 bits per heavy atom. The summed E-state index contributed by atoms with van der Waals surface area (Å²) in [6, 6.07) is 6.73. The van der Waals surface area contributed by atoms with Gasteiger partial charge in [0, 0.05) is 26.3 Å². The molecule has 0 aromatic heterocycles. The molecular weight excluding hydrogens is 484 g/mol. The number of nitrogens with zero attached hydrogens (tertiary/aromatic N) is 2.